The standard InChI is InChI=1S/C12H14ClNO5S/c1-8(12(16)17)14(2)11(15)7-20(18,19)10-5-3-9(13)4-6-10/h3-6,8H,7H2,1-2H3,(H,16,17). The lowest BCUT2D eigenvalue weighted by Gasteiger charge is -2.21. The monoisotopic (exact) mass is 319 g/mol. The maximum absolute atomic E-state index is 12.0. The number of carboxylic acids is 1. The number of benzene rings is 1. The first kappa shape index (κ1) is 16.5. The average molecular weight is 320 g/mol. The van der Waals surface area contributed by atoms with Crippen LogP contribution in [0, 0.1) is 0 Å². The molecule has 0 saturated carbocycles. The largest absolute Gasteiger partial charge is 0.480 e. The summed E-state index contributed by atoms with van der Waals surface area (Å²) in [5, 5.41) is 9.17. The zero-order valence-corrected chi connectivity index (χ0v) is 12.5. The molecule has 0 fully saturated rings. The summed E-state index contributed by atoms with van der Waals surface area (Å²) in [4.78, 5) is 23.4. The average Bonchev–Trinajstić information content (AvgIpc) is 2.36. The molecule has 0 bridgehead atoms. The Morgan fingerprint density at radius 1 is 1.30 bits per heavy atom. The van der Waals surface area contributed by atoms with E-state index >= 15 is 0 Å². The van der Waals surface area contributed by atoms with Gasteiger partial charge in [0.2, 0.25) is 5.91 Å². The maximum atomic E-state index is 12.0. The van der Waals surface area contributed by atoms with Crippen molar-refractivity contribution in [2.75, 3.05) is 12.8 Å². The molecule has 110 valence electrons. The molecule has 20 heavy (non-hydrogen) atoms. The number of carbonyl (C=O) groups is 2. The van der Waals surface area contributed by atoms with Crippen molar-refractivity contribution >= 4 is 33.3 Å². The molecule has 0 aromatic heterocycles. The molecule has 6 nitrogen and oxygen atoms in total. The molecule has 1 N–H and O–H groups in total. The summed E-state index contributed by atoms with van der Waals surface area (Å²) in [5.74, 6) is -2.78. The molecule has 0 aliphatic heterocycles. The minimum atomic E-state index is -3.82. The van der Waals surface area contributed by atoms with Gasteiger partial charge in [-0.1, -0.05) is 11.6 Å². The summed E-state index contributed by atoms with van der Waals surface area (Å²) in [6.07, 6.45) is 0. The van der Waals surface area contributed by atoms with Crippen LogP contribution in [0.2, 0.25) is 5.02 Å². The number of carboxylic acid groups (broad SMARTS) is 1. The van der Waals surface area contributed by atoms with E-state index in [0.717, 1.165) is 4.90 Å². The number of aliphatic carboxylic acids is 1. The molecule has 1 unspecified atom stereocenters. The molecule has 1 amide bonds. The molecule has 0 saturated heterocycles. The first-order valence-corrected chi connectivity index (χ1v) is 7.65. The zero-order valence-electron chi connectivity index (χ0n) is 10.9. The number of amides is 1. The topological polar surface area (TPSA) is 91.8 Å². The molecular formula is C12H14ClNO5S. The highest BCUT2D eigenvalue weighted by atomic mass is 35.5. The Morgan fingerprint density at radius 3 is 2.25 bits per heavy atom. The normalized spacial score (nSPS) is 12.8. The molecule has 1 aromatic carbocycles. The van der Waals surface area contributed by atoms with Gasteiger partial charge < -0.3 is 10.0 Å². The van der Waals surface area contributed by atoms with Gasteiger partial charge in [-0.25, -0.2) is 13.2 Å². The SMILES string of the molecule is CC(C(=O)O)N(C)C(=O)CS(=O)(=O)c1ccc(Cl)cc1. The Labute approximate surface area is 121 Å². The lowest BCUT2D eigenvalue weighted by Crippen LogP contribution is -2.42. The van der Waals surface area contributed by atoms with Crippen molar-refractivity contribution in [1.29, 1.82) is 0 Å². The number of rotatable bonds is 5. The highest BCUT2D eigenvalue weighted by Gasteiger charge is 2.26. The van der Waals surface area contributed by atoms with E-state index in [0.29, 0.717) is 5.02 Å². The summed E-state index contributed by atoms with van der Waals surface area (Å²) >= 11 is 5.66. The Balaban J connectivity index is 2.89. The third kappa shape index (κ3) is 3.94. The van der Waals surface area contributed by atoms with Crippen LogP contribution in [0.5, 0.6) is 0 Å². The van der Waals surface area contributed by atoms with Gasteiger partial charge >= 0.3 is 5.97 Å². The van der Waals surface area contributed by atoms with Gasteiger partial charge in [-0.15, -0.1) is 0 Å². The van der Waals surface area contributed by atoms with Crippen LogP contribution in [-0.4, -0.2) is 49.1 Å². The number of hydrogen-bond acceptors (Lipinski definition) is 4. The fraction of sp³-hybridized carbons (Fsp3) is 0.333. The van der Waals surface area contributed by atoms with Gasteiger partial charge in [0.1, 0.15) is 11.8 Å². The van der Waals surface area contributed by atoms with E-state index in [1.165, 1.54) is 38.2 Å². The van der Waals surface area contributed by atoms with Crippen molar-refractivity contribution in [3.8, 4) is 0 Å². The van der Waals surface area contributed by atoms with Crippen LogP contribution in [0.15, 0.2) is 29.2 Å². The molecule has 8 heteroatoms. The molecule has 0 aliphatic carbocycles. The number of nitrogens with zero attached hydrogens (tertiary/aromatic N) is 1. The number of halogens is 1. The Hall–Kier alpha value is -1.60. The second-order valence-corrected chi connectivity index (χ2v) is 6.66. The van der Waals surface area contributed by atoms with Crippen LogP contribution in [-0.2, 0) is 19.4 Å². The highest BCUT2D eigenvalue weighted by Crippen LogP contribution is 2.16. The second kappa shape index (κ2) is 6.23. The lowest BCUT2D eigenvalue weighted by molar-refractivity contribution is -0.147. The smallest absolute Gasteiger partial charge is 0.326 e. The van der Waals surface area contributed by atoms with Gasteiger partial charge in [-0.05, 0) is 31.2 Å². The van der Waals surface area contributed by atoms with Gasteiger partial charge in [0.05, 0.1) is 4.90 Å². The lowest BCUT2D eigenvalue weighted by atomic mass is 10.3. The summed E-state index contributed by atoms with van der Waals surface area (Å²) in [5.41, 5.74) is 0. The first-order valence-electron chi connectivity index (χ1n) is 5.62. The van der Waals surface area contributed by atoms with E-state index in [4.69, 9.17) is 16.7 Å². The Bertz CT molecular complexity index is 611. The molecular weight excluding hydrogens is 306 g/mol. The van der Waals surface area contributed by atoms with Gasteiger partial charge in [-0.3, -0.25) is 4.79 Å². The fourth-order valence-electron chi connectivity index (χ4n) is 1.37. The van der Waals surface area contributed by atoms with Crippen LogP contribution >= 0.6 is 11.6 Å². The predicted octanol–water partition coefficient (Wildman–Crippen LogP) is 1.05. The van der Waals surface area contributed by atoms with E-state index in [-0.39, 0.29) is 4.90 Å². The fourth-order valence-corrected chi connectivity index (χ4v) is 2.74. The molecule has 1 rings (SSSR count). The Kier molecular flexibility index (Phi) is 5.13. The molecule has 0 spiro atoms. The van der Waals surface area contributed by atoms with Gasteiger partial charge in [0.25, 0.3) is 0 Å². The van der Waals surface area contributed by atoms with Gasteiger partial charge in [0, 0.05) is 12.1 Å². The van der Waals surface area contributed by atoms with E-state index in [9.17, 15) is 18.0 Å². The van der Waals surface area contributed by atoms with Gasteiger partial charge in [-0.2, -0.15) is 0 Å². The predicted molar refractivity (Wildman–Crippen MR) is 73.4 cm³/mol. The second-order valence-electron chi connectivity index (χ2n) is 4.23. The summed E-state index contributed by atoms with van der Waals surface area (Å²) in [6.45, 7) is 1.30. The molecule has 0 heterocycles. The van der Waals surface area contributed by atoms with Crippen molar-refractivity contribution in [2.45, 2.75) is 17.9 Å². The van der Waals surface area contributed by atoms with Crippen molar-refractivity contribution in [2.24, 2.45) is 0 Å². The Morgan fingerprint density at radius 2 is 1.80 bits per heavy atom. The van der Waals surface area contributed by atoms with Crippen molar-refractivity contribution in [3.05, 3.63) is 29.3 Å². The third-order valence-electron chi connectivity index (χ3n) is 2.82. The number of hydrogen-bond donors (Lipinski definition) is 1. The van der Waals surface area contributed by atoms with Crippen LogP contribution in [0.4, 0.5) is 0 Å². The molecule has 0 aliphatic rings. The summed E-state index contributed by atoms with van der Waals surface area (Å²) in [7, 11) is -2.57. The summed E-state index contributed by atoms with van der Waals surface area (Å²) < 4.78 is 24.0. The maximum Gasteiger partial charge on any atom is 0.326 e. The van der Waals surface area contributed by atoms with Crippen molar-refractivity contribution < 1.29 is 23.1 Å². The van der Waals surface area contributed by atoms with Crippen LogP contribution in [0.25, 0.3) is 0 Å². The molecule has 1 atom stereocenters. The van der Waals surface area contributed by atoms with E-state index in [2.05, 4.69) is 0 Å². The number of carbonyl (C=O) groups excluding carboxylic acids is 1. The van der Waals surface area contributed by atoms with Crippen LogP contribution < -0.4 is 0 Å². The van der Waals surface area contributed by atoms with Crippen LogP contribution in [0.1, 0.15) is 6.92 Å². The molecule has 1 aromatic rings. The third-order valence-corrected chi connectivity index (χ3v) is 4.69. The quantitative estimate of drug-likeness (QED) is 0.875. The summed E-state index contributed by atoms with van der Waals surface area (Å²) in [6, 6.07) is 4.31. The van der Waals surface area contributed by atoms with E-state index in [1.807, 2.05) is 0 Å². The van der Waals surface area contributed by atoms with Gasteiger partial charge in [0.15, 0.2) is 9.84 Å². The van der Waals surface area contributed by atoms with Crippen molar-refractivity contribution in [1.82, 2.24) is 4.90 Å². The zero-order chi connectivity index (χ0) is 15.5. The first-order chi connectivity index (χ1) is 9.15. The minimum absolute atomic E-state index is 0.0355. The minimum Gasteiger partial charge on any atom is -0.480 e. The van der Waals surface area contributed by atoms with E-state index < -0.39 is 33.5 Å². The number of likely N-dealkylation sites (N-methyl/N-ethyl adjacent to an activating group) is 1. The highest BCUT2D eigenvalue weighted by molar-refractivity contribution is 7.92. The van der Waals surface area contributed by atoms with E-state index in [1.54, 1.807) is 0 Å². The molecule has 0 radical (unpaired) electrons. The van der Waals surface area contributed by atoms with Crippen molar-refractivity contribution in [3.63, 3.8) is 0 Å². The van der Waals surface area contributed by atoms with Crippen LogP contribution in [0.3, 0.4) is 0 Å². The number of sulfone groups is 1.